The van der Waals surface area contributed by atoms with Crippen molar-refractivity contribution in [1.82, 2.24) is 15.5 Å². The number of nitrogens with one attached hydrogen (secondary N) is 2. The van der Waals surface area contributed by atoms with Gasteiger partial charge in [0, 0.05) is 38.2 Å². The minimum Gasteiger partial charge on any atom is -0.352 e. The highest BCUT2D eigenvalue weighted by molar-refractivity contribution is 5.94. The number of carbonyl (C=O) groups excluding carboxylic acids is 2. The van der Waals surface area contributed by atoms with Gasteiger partial charge in [0.15, 0.2) is 0 Å². The van der Waals surface area contributed by atoms with Crippen molar-refractivity contribution in [3.63, 3.8) is 0 Å². The summed E-state index contributed by atoms with van der Waals surface area (Å²) in [5.41, 5.74) is 0.681. The van der Waals surface area contributed by atoms with Gasteiger partial charge in [-0.3, -0.25) is 9.59 Å². The van der Waals surface area contributed by atoms with Gasteiger partial charge in [-0.1, -0.05) is 18.2 Å². The first kappa shape index (κ1) is 19.5. The van der Waals surface area contributed by atoms with Gasteiger partial charge in [0.1, 0.15) is 0 Å². The van der Waals surface area contributed by atoms with Crippen LogP contribution < -0.4 is 10.6 Å². The van der Waals surface area contributed by atoms with Gasteiger partial charge in [-0.2, -0.15) is 0 Å². The summed E-state index contributed by atoms with van der Waals surface area (Å²) in [5.74, 6) is 0.507. The third kappa shape index (κ3) is 6.20. The van der Waals surface area contributed by atoms with Gasteiger partial charge in [0.05, 0.1) is 0 Å². The number of benzene rings is 1. The first-order valence-electron chi connectivity index (χ1n) is 7.96. The van der Waals surface area contributed by atoms with Crippen molar-refractivity contribution in [2.24, 2.45) is 5.92 Å². The quantitative estimate of drug-likeness (QED) is 0.829. The molecule has 0 bridgehead atoms. The highest BCUT2D eigenvalue weighted by atomic mass is 35.5. The average Bonchev–Trinajstić information content (AvgIpc) is 2.58. The predicted molar refractivity (Wildman–Crippen MR) is 93.9 cm³/mol. The molecule has 1 saturated heterocycles. The molecule has 2 N–H and O–H groups in total. The summed E-state index contributed by atoms with van der Waals surface area (Å²) >= 11 is 0. The van der Waals surface area contributed by atoms with Crippen molar-refractivity contribution >= 4 is 24.2 Å². The van der Waals surface area contributed by atoms with Crippen LogP contribution in [-0.4, -0.2) is 49.9 Å². The largest absolute Gasteiger partial charge is 0.352 e. The Balaban J connectivity index is 0.00000264. The number of amides is 2. The van der Waals surface area contributed by atoms with E-state index in [0.29, 0.717) is 31.0 Å². The second-order valence-corrected chi connectivity index (χ2v) is 5.78. The molecule has 2 amide bonds. The first-order valence-corrected chi connectivity index (χ1v) is 7.96. The highest BCUT2D eigenvalue weighted by Gasteiger charge is 2.23. The van der Waals surface area contributed by atoms with Gasteiger partial charge < -0.3 is 15.5 Å². The van der Waals surface area contributed by atoms with Crippen molar-refractivity contribution in [3.8, 4) is 0 Å². The Hall–Kier alpha value is -1.59. The van der Waals surface area contributed by atoms with E-state index in [1.165, 1.54) is 0 Å². The van der Waals surface area contributed by atoms with Gasteiger partial charge in [-0.15, -0.1) is 12.4 Å². The summed E-state index contributed by atoms with van der Waals surface area (Å²) in [6.45, 7) is 2.93. The molecule has 23 heavy (non-hydrogen) atoms. The Morgan fingerprint density at radius 1 is 1.26 bits per heavy atom. The second-order valence-electron chi connectivity index (χ2n) is 5.78. The van der Waals surface area contributed by atoms with Crippen LogP contribution in [0.4, 0.5) is 0 Å². The van der Waals surface area contributed by atoms with Crippen LogP contribution in [0.2, 0.25) is 0 Å². The Labute approximate surface area is 144 Å². The summed E-state index contributed by atoms with van der Waals surface area (Å²) in [7, 11) is 1.85. The number of hydrogen-bond donors (Lipinski definition) is 2. The second kappa shape index (κ2) is 10.2. The maximum absolute atomic E-state index is 12.1. The number of halogens is 1. The molecule has 1 aliphatic rings. The van der Waals surface area contributed by atoms with E-state index < -0.39 is 0 Å². The number of nitrogens with zero attached hydrogens (tertiary/aromatic N) is 1. The predicted octanol–water partition coefficient (Wildman–Crippen LogP) is 1.69. The summed E-state index contributed by atoms with van der Waals surface area (Å²) in [5, 5.41) is 5.98. The summed E-state index contributed by atoms with van der Waals surface area (Å²) in [6, 6.07) is 9.23. The average molecular weight is 340 g/mol. The fraction of sp³-hybridized carbons (Fsp3) is 0.529. The van der Waals surface area contributed by atoms with Crippen molar-refractivity contribution in [1.29, 1.82) is 0 Å². The standard InChI is InChI=1S/C17H25N3O2.ClH/c1-18-10-9-16(21)20-11-5-6-14(13-20)12-19-17(22)15-7-3-2-4-8-15;/h2-4,7-8,14,18H,5-6,9-13H2,1H3,(H,19,22);1H. The number of carbonyl (C=O) groups is 2. The smallest absolute Gasteiger partial charge is 0.251 e. The Morgan fingerprint density at radius 2 is 2.00 bits per heavy atom. The van der Waals surface area contributed by atoms with Crippen LogP contribution in [0.3, 0.4) is 0 Å². The monoisotopic (exact) mass is 339 g/mol. The number of piperidine rings is 1. The lowest BCUT2D eigenvalue weighted by Gasteiger charge is -2.33. The fourth-order valence-corrected chi connectivity index (χ4v) is 2.78. The van der Waals surface area contributed by atoms with Gasteiger partial charge in [0.2, 0.25) is 5.91 Å². The van der Waals surface area contributed by atoms with Crippen LogP contribution in [0.25, 0.3) is 0 Å². The van der Waals surface area contributed by atoms with Crippen molar-refractivity contribution < 1.29 is 9.59 Å². The maximum Gasteiger partial charge on any atom is 0.251 e. The van der Waals surface area contributed by atoms with E-state index in [4.69, 9.17) is 0 Å². The fourth-order valence-electron chi connectivity index (χ4n) is 2.78. The highest BCUT2D eigenvalue weighted by Crippen LogP contribution is 2.16. The Kier molecular flexibility index (Phi) is 8.66. The molecule has 5 nitrogen and oxygen atoms in total. The summed E-state index contributed by atoms with van der Waals surface area (Å²) in [6.07, 6.45) is 2.61. The molecule has 1 atom stereocenters. The third-order valence-electron chi connectivity index (χ3n) is 4.05. The van der Waals surface area contributed by atoms with E-state index in [2.05, 4.69) is 10.6 Å². The molecule has 0 radical (unpaired) electrons. The Morgan fingerprint density at radius 3 is 2.70 bits per heavy atom. The van der Waals surface area contributed by atoms with Crippen LogP contribution in [0.1, 0.15) is 29.6 Å². The van der Waals surface area contributed by atoms with Gasteiger partial charge >= 0.3 is 0 Å². The van der Waals surface area contributed by atoms with Gasteiger partial charge in [0.25, 0.3) is 5.91 Å². The minimum absolute atomic E-state index is 0. The van der Waals surface area contributed by atoms with Crippen LogP contribution in [0, 0.1) is 5.92 Å². The molecule has 0 saturated carbocycles. The molecule has 6 heteroatoms. The first-order chi connectivity index (χ1) is 10.7. The van der Waals surface area contributed by atoms with Gasteiger partial charge in [-0.05, 0) is 37.9 Å². The molecule has 1 aromatic carbocycles. The zero-order valence-corrected chi connectivity index (χ0v) is 14.4. The number of likely N-dealkylation sites (tertiary alicyclic amines) is 1. The molecule has 0 spiro atoms. The number of rotatable bonds is 6. The SMILES string of the molecule is CNCCC(=O)N1CCCC(CNC(=O)c2ccccc2)C1.Cl. The van der Waals surface area contributed by atoms with E-state index in [9.17, 15) is 9.59 Å². The van der Waals surface area contributed by atoms with Crippen molar-refractivity contribution in [2.45, 2.75) is 19.3 Å². The molecule has 0 aromatic heterocycles. The zero-order valence-electron chi connectivity index (χ0n) is 13.6. The van der Waals surface area contributed by atoms with E-state index in [0.717, 1.165) is 25.9 Å². The van der Waals surface area contributed by atoms with E-state index >= 15 is 0 Å². The van der Waals surface area contributed by atoms with E-state index in [1.54, 1.807) is 0 Å². The van der Waals surface area contributed by atoms with Crippen LogP contribution >= 0.6 is 12.4 Å². The summed E-state index contributed by atoms with van der Waals surface area (Å²) in [4.78, 5) is 26.0. The molecule has 1 unspecified atom stereocenters. The minimum atomic E-state index is -0.0424. The summed E-state index contributed by atoms with van der Waals surface area (Å²) < 4.78 is 0. The lowest BCUT2D eigenvalue weighted by molar-refractivity contribution is -0.132. The van der Waals surface area contributed by atoms with Crippen LogP contribution in [0.5, 0.6) is 0 Å². The Bertz CT molecular complexity index is 496. The zero-order chi connectivity index (χ0) is 15.8. The molecule has 128 valence electrons. The van der Waals surface area contributed by atoms with Crippen molar-refractivity contribution in [2.75, 3.05) is 33.2 Å². The van der Waals surface area contributed by atoms with Gasteiger partial charge in [-0.25, -0.2) is 0 Å². The van der Waals surface area contributed by atoms with Crippen molar-refractivity contribution in [3.05, 3.63) is 35.9 Å². The third-order valence-corrected chi connectivity index (χ3v) is 4.05. The normalized spacial score (nSPS) is 17.3. The molecule has 0 aliphatic carbocycles. The molecule has 1 aromatic rings. The lowest BCUT2D eigenvalue weighted by atomic mass is 9.97. The number of hydrogen-bond acceptors (Lipinski definition) is 3. The molecular weight excluding hydrogens is 314 g/mol. The molecule has 2 rings (SSSR count). The molecule has 1 heterocycles. The maximum atomic E-state index is 12.1. The topological polar surface area (TPSA) is 61.4 Å². The van der Waals surface area contributed by atoms with Crippen LogP contribution in [-0.2, 0) is 4.79 Å². The van der Waals surface area contributed by atoms with E-state index in [1.807, 2.05) is 42.3 Å². The lowest BCUT2D eigenvalue weighted by Crippen LogP contribution is -2.44. The van der Waals surface area contributed by atoms with E-state index in [-0.39, 0.29) is 24.2 Å². The molecule has 1 aliphatic heterocycles. The van der Waals surface area contributed by atoms with Crippen LogP contribution in [0.15, 0.2) is 30.3 Å². The molecular formula is C17H26ClN3O2. The molecule has 1 fully saturated rings.